The molecule has 1 atom stereocenters. The maximum absolute atomic E-state index is 13.3. The van der Waals surface area contributed by atoms with Crippen molar-refractivity contribution in [3.8, 4) is 0 Å². The van der Waals surface area contributed by atoms with Crippen LogP contribution in [0.1, 0.15) is 29.7 Å². The predicted molar refractivity (Wildman–Crippen MR) is 138 cm³/mol. The highest BCUT2D eigenvalue weighted by molar-refractivity contribution is 7.98. The van der Waals surface area contributed by atoms with E-state index in [-0.39, 0.29) is 12.6 Å². The Labute approximate surface area is 213 Å². The minimum atomic E-state index is -0.460. The number of thioether (sulfide) groups is 1. The van der Waals surface area contributed by atoms with E-state index in [0.29, 0.717) is 33.2 Å². The molecule has 1 N–H and O–H groups in total. The van der Waals surface area contributed by atoms with Gasteiger partial charge in [0.2, 0.25) is 11.1 Å². The van der Waals surface area contributed by atoms with E-state index in [9.17, 15) is 4.79 Å². The molecule has 8 heteroatoms. The number of carbonyl (C=O) groups excluding carboxylic acids is 1. The summed E-state index contributed by atoms with van der Waals surface area (Å²) in [5, 5.41) is 9.32. The Balaban J connectivity index is 1.43. The highest BCUT2D eigenvalue weighted by atomic mass is 35.5. The molecule has 0 radical (unpaired) electrons. The summed E-state index contributed by atoms with van der Waals surface area (Å²) in [6.45, 7) is 2.06. The molecule has 1 aromatic heterocycles. The van der Waals surface area contributed by atoms with Gasteiger partial charge in [-0.2, -0.15) is 4.98 Å². The van der Waals surface area contributed by atoms with Gasteiger partial charge in [0.05, 0.1) is 5.57 Å². The molecule has 2 heterocycles. The van der Waals surface area contributed by atoms with Crippen molar-refractivity contribution >= 4 is 35.3 Å². The van der Waals surface area contributed by atoms with Crippen molar-refractivity contribution < 1.29 is 9.53 Å². The van der Waals surface area contributed by atoms with Crippen LogP contribution in [-0.2, 0) is 21.9 Å². The zero-order valence-electron chi connectivity index (χ0n) is 19.0. The van der Waals surface area contributed by atoms with E-state index in [1.165, 1.54) is 11.8 Å². The second-order valence-electron chi connectivity index (χ2n) is 8.08. The largest absolute Gasteiger partial charge is 0.457 e. The summed E-state index contributed by atoms with van der Waals surface area (Å²) in [7, 11) is 0. The second-order valence-corrected chi connectivity index (χ2v) is 9.43. The van der Waals surface area contributed by atoms with Gasteiger partial charge in [-0.3, -0.25) is 0 Å². The number of nitrogens with one attached hydrogen (secondary N) is 1. The van der Waals surface area contributed by atoms with Gasteiger partial charge >= 0.3 is 5.97 Å². The van der Waals surface area contributed by atoms with Crippen LogP contribution in [0.15, 0.2) is 101 Å². The zero-order valence-corrected chi connectivity index (χ0v) is 20.6. The maximum Gasteiger partial charge on any atom is 0.338 e. The topological polar surface area (TPSA) is 69.0 Å². The average molecular weight is 503 g/mol. The zero-order chi connectivity index (χ0) is 24.2. The van der Waals surface area contributed by atoms with Crippen molar-refractivity contribution in [2.75, 3.05) is 5.32 Å². The molecule has 3 aromatic carbocycles. The van der Waals surface area contributed by atoms with Crippen molar-refractivity contribution in [2.24, 2.45) is 0 Å². The lowest BCUT2D eigenvalue weighted by atomic mass is 9.96. The Bertz CT molecular complexity index is 1370. The molecule has 35 heavy (non-hydrogen) atoms. The molecule has 0 fully saturated rings. The third-order valence-corrected chi connectivity index (χ3v) is 6.95. The first-order valence-electron chi connectivity index (χ1n) is 11.2. The van der Waals surface area contributed by atoms with Crippen LogP contribution in [0.2, 0.25) is 5.02 Å². The highest BCUT2D eigenvalue weighted by Gasteiger charge is 2.35. The molecule has 0 saturated heterocycles. The number of hydrogen-bond donors (Lipinski definition) is 1. The summed E-state index contributed by atoms with van der Waals surface area (Å²) < 4.78 is 7.47. The van der Waals surface area contributed by atoms with Crippen molar-refractivity contribution in [1.82, 2.24) is 14.8 Å². The Morgan fingerprint density at radius 3 is 2.46 bits per heavy atom. The SMILES string of the molecule is CC1=C(C(=O)OCc2ccccc2)C(c2ccccc2)n2nc(SCc3ccccc3Cl)nc2N1. The number of aromatic nitrogens is 3. The van der Waals surface area contributed by atoms with Crippen LogP contribution < -0.4 is 5.32 Å². The number of fused-ring (bicyclic) bond motifs is 1. The van der Waals surface area contributed by atoms with Crippen molar-refractivity contribution in [3.63, 3.8) is 0 Å². The second kappa shape index (κ2) is 10.4. The molecule has 1 aliphatic rings. The fraction of sp³-hybridized carbons (Fsp3) is 0.148. The van der Waals surface area contributed by atoms with Crippen LogP contribution in [-0.4, -0.2) is 20.7 Å². The minimum absolute atomic E-state index is 0.196. The number of esters is 1. The number of anilines is 1. The fourth-order valence-electron chi connectivity index (χ4n) is 3.96. The monoisotopic (exact) mass is 502 g/mol. The van der Waals surface area contributed by atoms with Gasteiger partial charge in [0, 0.05) is 16.5 Å². The summed E-state index contributed by atoms with van der Waals surface area (Å²) in [4.78, 5) is 18.0. The lowest BCUT2D eigenvalue weighted by Gasteiger charge is -2.28. The fourth-order valence-corrected chi connectivity index (χ4v) is 5.07. The number of nitrogens with zero attached hydrogens (tertiary/aromatic N) is 3. The van der Waals surface area contributed by atoms with Crippen molar-refractivity contribution in [3.05, 3.63) is 118 Å². The number of carbonyl (C=O) groups is 1. The summed E-state index contributed by atoms with van der Waals surface area (Å²) in [6, 6.07) is 26.7. The molecule has 4 aromatic rings. The van der Waals surface area contributed by atoms with Gasteiger partial charge in [-0.05, 0) is 29.7 Å². The van der Waals surface area contributed by atoms with E-state index >= 15 is 0 Å². The van der Waals surface area contributed by atoms with E-state index in [0.717, 1.165) is 16.7 Å². The van der Waals surface area contributed by atoms with Crippen LogP contribution in [0.3, 0.4) is 0 Å². The summed E-state index contributed by atoms with van der Waals surface area (Å²) in [5.41, 5.74) is 4.07. The molecule has 1 unspecified atom stereocenters. The van der Waals surface area contributed by atoms with Gasteiger partial charge < -0.3 is 10.1 Å². The van der Waals surface area contributed by atoms with Crippen LogP contribution >= 0.6 is 23.4 Å². The first-order valence-corrected chi connectivity index (χ1v) is 12.5. The van der Waals surface area contributed by atoms with Crippen LogP contribution in [0.4, 0.5) is 5.95 Å². The molecule has 0 bridgehead atoms. The lowest BCUT2D eigenvalue weighted by molar-refractivity contribution is -0.140. The van der Waals surface area contributed by atoms with Gasteiger partial charge in [0.1, 0.15) is 12.6 Å². The number of rotatable bonds is 7. The van der Waals surface area contributed by atoms with E-state index < -0.39 is 6.04 Å². The van der Waals surface area contributed by atoms with Crippen LogP contribution in [0.5, 0.6) is 0 Å². The first kappa shape index (κ1) is 23.2. The molecule has 176 valence electrons. The van der Waals surface area contributed by atoms with Gasteiger partial charge in [-0.25, -0.2) is 9.48 Å². The van der Waals surface area contributed by atoms with E-state index in [1.54, 1.807) is 4.68 Å². The summed E-state index contributed by atoms with van der Waals surface area (Å²) in [5.74, 6) is 0.828. The molecule has 1 aliphatic heterocycles. The van der Waals surface area contributed by atoms with Crippen molar-refractivity contribution in [1.29, 1.82) is 0 Å². The standard InChI is InChI=1S/C27H23ClN4O2S/c1-18-23(25(33)34-16-19-10-4-2-5-11-19)24(20-12-6-3-7-13-20)32-26(29-18)30-27(31-32)35-17-21-14-8-9-15-22(21)28/h2-15,24H,16-17H2,1H3,(H,29,30,31). The van der Waals surface area contributed by atoms with Crippen LogP contribution in [0.25, 0.3) is 0 Å². The molecular formula is C27H23ClN4O2S. The van der Waals surface area contributed by atoms with E-state index in [2.05, 4.69) is 10.3 Å². The number of halogens is 1. The number of ether oxygens (including phenoxy) is 1. The molecule has 0 spiro atoms. The van der Waals surface area contributed by atoms with E-state index in [4.69, 9.17) is 21.4 Å². The molecular weight excluding hydrogens is 480 g/mol. The number of allylic oxidation sites excluding steroid dienone is 1. The molecule has 6 nitrogen and oxygen atoms in total. The predicted octanol–water partition coefficient (Wildman–Crippen LogP) is 6.26. The smallest absolute Gasteiger partial charge is 0.338 e. The van der Waals surface area contributed by atoms with Crippen molar-refractivity contribution in [2.45, 2.75) is 30.5 Å². The number of hydrogen-bond acceptors (Lipinski definition) is 6. The van der Waals surface area contributed by atoms with Gasteiger partial charge in [0.15, 0.2) is 0 Å². The molecule has 0 amide bonds. The number of benzene rings is 3. The van der Waals surface area contributed by atoms with Crippen LogP contribution in [0, 0.1) is 0 Å². The van der Waals surface area contributed by atoms with Gasteiger partial charge in [-0.1, -0.05) is 102 Å². The lowest BCUT2D eigenvalue weighted by Crippen LogP contribution is -2.29. The molecule has 0 aliphatic carbocycles. The third-order valence-electron chi connectivity index (χ3n) is 5.70. The Hall–Kier alpha value is -3.55. The Morgan fingerprint density at radius 1 is 1.03 bits per heavy atom. The quantitative estimate of drug-likeness (QED) is 0.238. The highest BCUT2D eigenvalue weighted by Crippen LogP contribution is 2.37. The summed E-state index contributed by atoms with van der Waals surface area (Å²) >= 11 is 7.81. The Kier molecular flexibility index (Phi) is 6.88. The van der Waals surface area contributed by atoms with Gasteiger partial charge in [0.25, 0.3) is 0 Å². The first-order chi connectivity index (χ1) is 17.1. The molecule has 5 rings (SSSR count). The maximum atomic E-state index is 13.3. The minimum Gasteiger partial charge on any atom is -0.457 e. The third kappa shape index (κ3) is 5.11. The summed E-state index contributed by atoms with van der Waals surface area (Å²) in [6.07, 6.45) is 0. The average Bonchev–Trinajstić information content (AvgIpc) is 3.29. The molecule has 0 saturated carbocycles. The Morgan fingerprint density at radius 2 is 1.71 bits per heavy atom. The van der Waals surface area contributed by atoms with Gasteiger partial charge in [-0.15, -0.1) is 5.10 Å². The van der Waals surface area contributed by atoms with E-state index in [1.807, 2.05) is 91.9 Å². The normalized spacial score (nSPS) is 14.9.